The Labute approximate surface area is 186 Å². The van der Waals surface area contributed by atoms with Crippen molar-refractivity contribution in [1.82, 2.24) is 4.90 Å². The van der Waals surface area contributed by atoms with Gasteiger partial charge in [-0.1, -0.05) is 54.9 Å². The Kier molecular flexibility index (Phi) is 5.90. The molecule has 0 radical (unpaired) electrons. The number of benzene rings is 3. The first-order chi connectivity index (χ1) is 15.0. The average molecular weight is 438 g/mol. The lowest BCUT2D eigenvalue weighted by Crippen LogP contribution is -2.47. The van der Waals surface area contributed by atoms with Crippen molar-refractivity contribution in [3.8, 4) is 11.5 Å². The number of halogens is 1. The van der Waals surface area contributed by atoms with Gasteiger partial charge in [0.1, 0.15) is 0 Å². The van der Waals surface area contributed by atoms with E-state index in [9.17, 15) is 9.90 Å². The molecule has 3 aromatic carbocycles. The Morgan fingerprint density at radius 2 is 1.81 bits per heavy atom. The van der Waals surface area contributed by atoms with E-state index in [0.29, 0.717) is 22.9 Å². The van der Waals surface area contributed by atoms with Gasteiger partial charge < -0.3 is 19.5 Å². The molecule has 3 aromatic rings. The molecular weight excluding hydrogens is 414 g/mol. The predicted octanol–water partition coefficient (Wildman–Crippen LogP) is 5.34. The Balaban J connectivity index is 1.83. The van der Waals surface area contributed by atoms with Gasteiger partial charge in [0, 0.05) is 28.3 Å². The fraction of sp³-hybridized carbons (Fsp3) is 0.240. The Hall–Kier alpha value is -3.02. The van der Waals surface area contributed by atoms with Crippen molar-refractivity contribution in [2.75, 3.05) is 13.7 Å². The molecule has 1 atom stereocenters. The standard InChI is InChI=1S/C25H24ClNO4/c1-3-14-27-24(29)20-6-4-5-7-21(20)25(27,18-9-11-19(26)12-10-18)31-16-17-8-13-23(30-2)22(28)15-17/h4-13,15,28H,3,14,16H2,1-2H3. The molecule has 1 amide bonds. The molecule has 0 spiro atoms. The Morgan fingerprint density at radius 3 is 2.48 bits per heavy atom. The number of aromatic hydroxyl groups is 1. The second kappa shape index (κ2) is 8.61. The lowest BCUT2D eigenvalue weighted by Gasteiger charge is -2.39. The molecule has 5 nitrogen and oxygen atoms in total. The van der Waals surface area contributed by atoms with Gasteiger partial charge in [-0.2, -0.15) is 0 Å². The van der Waals surface area contributed by atoms with Gasteiger partial charge >= 0.3 is 0 Å². The third kappa shape index (κ3) is 3.64. The van der Waals surface area contributed by atoms with Gasteiger partial charge in [-0.15, -0.1) is 0 Å². The van der Waals surface area contributed by atoms with Gasteiger partial charge in [-0.05, 0) is 42.3 Å². The highest BCUT2D eigenvalue weighted by atomic mass is 35.5. The van der Waals surface area contributed by atoms with Crippen molar-refractivity contribution in [3.05, 3.63) is 94.0 Å². The highest BCUT2D eigenvalue weighted by molar-refractivity contribution is 6.30. The van der Waals surface area contributed by atoms with Crippen LogP contribution in [-0.4, -0.2) is 29.6 Å². The summed E-state index contributed by atoms with van der Waals surface area (Å²) >= 11 is 6.15. The monoisotopic (exact) mass is 437 g/mol. The van der Waals surface area contributed by atoms with Crippen LogP contribution in [0.3, 0.4) is 0 Å². The summed E-state index contributed by atoms with van der Waals surface area (Å²) in [5, 5.41) is 10.8. The Bertz CT molecular complexity index is 1100. The maximum atomic E-state index is 13.4. The van der Waals surface area contributed by atoms with E-state index in [-0.39, 0.29) is 18.3 Å². The molecule has 0 bridgehead atoms. The van der Waals surface area contributed by atoms with Crippen molar-refractivity contribution >= 4 is 17.5 Å². The number of ether oxygens (including phenoxy) is 2. The third-order valence-corrected chi connectivity index (χ3v) is 5.77. The van der Waals surface area contributed by atoms with Gasteiger partial charge in [0.25, 0.3) is 5.91 Å². The van der Waals surface area contributed by atoms with E-state index < -0.39 is 5.72 Å². The lowest BCUT2D eigenvalue weighted by atomic mass is 9.93. The van der Waals surface area contributed by atoms with E-state index in [2.05, 4.69) is 0 Å². The largest absolute Gasteiger partial charge is 0.504 e. The van der Waals surface area contributed by atoms with Crippen molar-refractivity contribution < 1.29 is 19.4 Å². The first-order valence-electron chi connectivity index (χ1n) is 10.2. The van der Waals surface area contributed by atoms with Crippen molar-refractivity contribution in [1.29, 1.82) is 0 Å². The normalized spacial score (nSPS) is 17.6. The number of amides is 1. The summed E-state index contributed by atoms with van der Waals surface area (Å²) in [7, 11) is 1.50. The molecule has 1 N–H and O–H groups in total. The summed E-state index contributed by atoms with van der Waals surface area (Å²) in [6.07, 6.45) is 0.780. The molecule has 1 aliphatic heterocycles. The number of carbonyl (C=O) groups is 1. The fourth-order valence-electron chi connectivity index (χ4n) is 4.12. The maximum absolute atomic E-state index is 13.4. The summed E-state index contributed by atoms with van der Waals surface area (Å²) in [5.74, 6) is 0.368. The molecule has 1 unspecified atom stereocenters. The van der Waals surface area contributed by atoms with Crippen LogP contribution in [0.4, 0.5) is 0 Å². The van der Waals surface area contributed by atoms with Crippen LogP contribution in [0.2, 0.25) is 5.02 Å². The van der Waals surface area contributed by atoms with E-state index in [1.807, 2.05) is 49.4 Å². The zero-order valence-corrected chi connectivity index (χ0v) is 18.2. The molecule has 6 heteroatoms. The maximum Gasteiger partial charge on any atom is 0.257 e. The SMILES string of the molecule is CCCN1C(=O)c2ccccc2C1(OCc1ccc(OC)c(O)c1)c1ccc(Cl)cc1. The third-order valence-electron chi connectivity index (χ3n) is 5.52. The number of hydrogen-bond acceptors (Lipinski definition) is 4. The molecule has 0 aliphatic carbocycles. The van der Waals surface area contributed by atoms with Crippen molar-refractivity contribution in [2.45, 2.75) is 25.7 Å². The minimum Gasteiger partial charge on any atom is -0.504 e. The number of phenolic OH excluding ortho intramolecular Hbond substituents is 1. The van der Waals surface area contributed by atoms with Gasteiger partial charge in [-0.3, -0.25) is 4.79 Å². The van der Waals surface area contributed by atoms with Crippen LogP contribution in [0.5, 0.6) is 11.5 Å². The van der Waals surface area contributed by atoms with Crippen LogP contribution in [-0.2, 0) is 17.1 Å². The summed E-state index contributed by atoms with van der Waals surface area (Å²) < 4.78 is 11.7. The number of nitrogens with zero attached hydrogens (tertiary/aromatic N) is 1. The topological polar surface area (TPSA) is 59.0 Å². The number of phenols is 1. The zero-order valence-electron chi connectivity index (χ0n) is 17.5. The van der Waals surface area contributed by atoms with Crippen LogP contribution in [0.15, 0.2) is 66.7 Å². The van der Waals surface area contributed by atoms with Gasteiger partial charge in [0.05, 0.1) is 13.7 Å². The minimum absolute atomic E-state index is 0.0393. The highest BCUT2D eigenvalue weighted by Crippen LogP contribution is 2.46. The number of hydrogen-bond donors (Lipinski definition) is 1. The fourth-order valence-corrected chi connectivity index (χ4v) is 4.25. The van der Waals surface area contributed by atoms with E-state index in [0.717, 1.165) is 23.1 Å². The number of methoxy groups -OCH3 is 1. The number of carbonyl (C=O) groups excluding carboxylic acids is 1. The van der Waals surface area contributed by atoms with Crippen LogP contribution in [0.1, 0.15) is 40.4 Å². The molecule has 0 saturated heterocycles. The first-order valence-corrected chi connectivity index (χ1v) is 10.6. The molecule has 160 valence electrons. The van der Waals surface area contributed by atoms with Gasteiger partial charge in [-0.25, -0.2) is 0 Å². The predicted molar refractivity (Wildman–Crippen MR) is 119 cm³/mol. The summed E-state index contributed by atoms with van der Waals surface area (Å²) in [6.45, 7) is 2.75. The lowest BCUT2D eigenvalue weighted by molar-refractivity contribution is -0.117. The number of fused-ring (bicyclic) bond motifs is 1. The van der Waals surface area contributed by atoms with E-state index >= 15 is 0 Å². The van der Waals surface area contributed by atoms with Gasteiger partial charge in [0.15, 0.2) is 17.2 Å². The Morgan fingerprint density at radius 1 is 1.06 bits per heavy atom. The van der Waals surface area contributed by atoms with Crippen LogP contribution < -0.4 is 4.74 Å². The van der Waals surface area contributed by atoms with Crippen molar-refractivity contribution in [2.24, 2.45) is 0 Å². The quantitative estimate of drug-likeness (QED) is 0.542. The molecule has 1 aliphatic rings. The first kappa shape index (κ1) is 21.2. The van der Waals surface area contributed by atoms with E-state index in [1.54, 1.807) is 29.2 Å². The smallest absolute Gasteiger partial charge is 0.257 e. The average Bonchev–Trinajstić information content (AvgIpc) is 3.02. The number of rotatable bonds is 7. The van der Waals surface area contributed by atoms with Crippen molar-refractivity contribution in [3.63, 3.8) is 0 Å². The van der Waals surface area contributed by atoms with Crippen LogP contribution in [0, 0.1) is 0 Å². The summed E-state index contributed by atoms with van der Waals surface area (Å²) in [6, 6.07) is 20.1. The molecule has 0 aromatic heterocycles. The zero-order chi connectivity index (χ0) is 22.0. The second-order valence-corrected chi connectivity index (χ2v) is 7.88. The minimum atomic E-state index is -1.09. The molecule has 31 heavy (non-hydrogen) atoms. The highest BCUT2D eigenvalue weighted by Gasteiger charge is 2.51. The van der Waals surface area contributed by atoms with Crippen LogP contribution in [0.25, 0.3) is 0 Å². The summed E-state index contributed by atoms with van der Waals surface area (Å²) in [4.78, 5) is 15.1. The van der Waals surface area contributed by atoms with Gasteiger partial charge in [0.2, 0.25) is 0 Å². The molecule has 0 fully saturated rings. The van der Waals surface area contributed by atoms with E-state index in [1.165, 1.54) is 7.11 Å². The molecular formula is C25H24ClNO4. The second-order valence-electron chi connectivity index (χ2n) is 7.45. The molecule has 1 heterocycles. The van der Waals surface area contributed by atoms with Crippen LogP contribution >= 0.6 is 11.6 Å². The molecule has 4 rings (SSSR count). The molecule has 0 saturated carbocycles. The summed E-state index contributed by atoms with van der Waals surface area (Å²) in [5.41, 5.74) is 1.92. The van der Waals surface area contributed by atoms with E-state index in [4.69, 9.17) is 21.1 Å².